The number of hydrogen-bond donors (Lipinski definition) is 2. The predicted octanol–water partition coefficient (Wildman–Crippen LogP) is 2.82. The molecule has 0 aromatic heterocycles. The monoisotopic (exact) mass is 291 g/mol. The third-order valence-corrected chi connectivity index (χ3v) is 2.85. The molecule has 0 saturated heterocycles. The molecule has 118 valence electrons. The molecule has 21 heavy (non-hydrogen) atoms. The lowest BCUT2D eigenvalue weighted by molar-refractivity contribution is 0.271. The molecule has 1 aromatic rings. The normalized spacial score (nSPS) is 12.0. The van der Waals surface area contributed by atoms with Gasteiger partial charge in [0.05, 0.1) is 6.61 Å². The SMILES string of the molecule is CC(C)CN=C(N)NCCc1ccc(OCC(C)C)cc1. The summed E-state index contributed by atoms with van der Waals surface area (Å²) in [5, 5.41) is 3.14. The van der Waals surface area contributed by atoms with Gasteiger partial charge in [-0.1, -0.05) is 39.8 Å². The standard InChI is InChI=1S/C17H29N3O/c1-13(2)11-20-17(18)19-10-9-15-5-7-16(8-6-15)21-12-14(3)4/h5-8,13-14H,9-12H2,1-4H3,(H3,18,19,20). The summed E-state index contributed by atoms with van der Waals surface area (Å²) in [6.07, 6.45) is 0.919. The summed E-state index contributed by atoms with van der Waals surface area (Å²) in [5.74, 6) is 2.53. The largest absolute Gasteiger partial charge is 0.493 e. The van der Waals surface area contributed by atoms with Crippen molar-refractivity contribution in [3.05, 3.63) is 29.8 Å². The molecule has 0 aliphatic heterocycles. The van der Waals surface area contributed by atoms with Crippen LogP contribution in [0.5, 0.6) is 5.75 Å². The quantitative estimate of drug-likeness (QED) is 0.572. The van der Waals surface area contributed by atoms with Gasteiger partial charge in [0.15, 0.2) is 5.96 Å². The minimum absolute atomic E-state index is 0.528. The van der Waals surface area contributed by atoms with E-state index in [1.807, 2.05) is 12.1 Å². The summed E-state index contributed by atoms with van der Waals surface area (Å²) >= 11 is 0. The van der Waals surface area contributed by atoms with Crippen molar-refractivity contribution < 1.29 is 4.74 Å². The maximum absolute atomic E-state index is 5.80. The number of nitrogens with two attached hydrogens (primary N) is 1. The Morgan fingerprint density at radius 3 is 2.38 bits per heavy atom. The highest BCUT2D eigenvalue weighted by Gasteiger charge is 1.99. The molecule has 4 heteroatoms. The van der Waals surface area contributed by atoms with Gasteiger partial charge in [0.2, 0.25) is 0 Å². The van der Waals surface area contributed by atoms with E-state index >= 15 is 0 Å². The van der Waals surface area contributed by atoms with Crippen LogP contribution in [0, 0.1) is 11.8 Å². The average molecular weight is 291 g/mol. The van der Waals surface area contributed by atoms with Gasteiger partial charge in [0, 0.05) is 13.1 Å². The summed E-state index contributed by atoms with van der Waals surface area (Å²) in [4.78, 5) is 4.27. The van der Waals surface area contributed by atoms with E-state index in [1.165, 1.54) is 5.56 Å². The molecule has 0 atom stereocenters. The van der Waals surface area contributed by atoms with Crippen molar-refractivity contribution in [1.29, 1.82) is 0 Å². The third kappa shape index (κ3) is 8.23. The first-order valence-electron chi connectivity index (χ1n) is 7.73. The summed E-state index contributed by atoms with van der Waals surface area (Å²) in [6, 6.07) is 8.24. The Hall–Kier alpha value is -1.71. The fourth-order valence-corrected chi connectivity index (χ4v) is 1.69. The number of nitrogens with one attached hydrogen (secondary N) is 1. The van der Waals surface area contributed by atoms with Gasteiger partial charge in [-0.25, -0.2) is 0 Å². The summed E-state index contributed by atoms with van der Waals surface area (Å²) in [7, 11) is 0. The number of hydrogen-bond acceptors (Lipinski definition) is 2. The van der Waals surface area contributed by atoms with Crippen molar-refractivity contribution in [3.63, 3.8) is 0 Å². The van der Waals surface area contributed by atoms with E-state index in [0.29, 0.717) is 17.8 Å². The van der Waals surface area contributed by atoms with E-state index in [1.54, 1.807) is 0 Å². The second-order valence-corrected chi connectivity index (χ2v) is 6.15. The lowest BCUT2D eigenvalue weighted by Gasteiger charge is -2.10. The van der Waals surface area contributed by atoms with Gasteiger partial charge in [-0.2, -0.15) is 0 Å². The van der Waals surface area contributed by atoms with Crippen molar-refractivity contribution in [2.24, 2.45) is 22.6 Å². The highest BCUT2D eigenvalue weighted by Crippen LogP contribution is 2.13. The molecule has 0 amide bonds. The van der Waals surface area contributed by atoms with Crippen LogP contribution in [0.2, 0.25) is 0 Å². The van der Waals surface area contributed by atoms with Gasteiger partial charge >= 0.3 is 0 Å². The number of guanidine groups is 1. The van der Waals surface area contributed by atoms with Crippen molar-refractivity contribution in [1.82, 2.24) is 5.32 Å². The predicted molar refractivity (Wildman–Crippen MR) is 89.8 cm³/mol. The molecule has 0 bridgehead atoms. The van der Waals surface area contributed by atoms with Crippen LogP contribution < -0.4 is 15.8 Å². The van der Waals surface area contributed by atoms with Crippen LogP contribution in [0.3, 0.4) is 0 Å². The smallest absolute Gasteiger partial charge is 0.188 e. The van der Waals surface area contributed by atoms with Crippen LogP contribution in [0.1, 0.15) is 33.3 Å². The fraction of sp³-hybridized carbons (Fsp3) is 0.588. The zero-order valence-corrected chi connectivity index (χ0v) is 13.7. The summed E-state index contributed by atoms with van der Waals surface area (Å²) in [5.41, 5.74) is 7.06. The van der Waals surface area contributed by atoms with Gasteiger partial charge in [-0.3, -0.25) is 4.99 Å². The van der Waals surface area contributed by atoms with Crippen molar-refractivity contribution in [3.8, 4) is 5.75 Å². The van der Waals surface area contributed by atoms with Gasteiger partial charge in [0.25, 0.3) is 0 Å². The lowest BCUT2D eigenvalue weighted by atomic mass is 10.1. The molecule has 0 aliphatic rings. The molecule has 1 rings (SSSR count). The lowest BCUT2D eigenvalue weighted by Crippen LogP contribution is -2.33. The van der Waals surface area contributed by atoms with Crippen LogP contribution in [-0.4, -0.2) is 25.7 Å². The molecule has 0 fully saturated rings. The first-order chi connectivity index (χ1) is 9.97. The number of rotatable bonds is 8. The van der Waals surface area contributed by atoms with Crippen LogP contribution in [0.15, 0.2) is 29.3 Å². The van der Waals surface area contributed by atoms with Crippen LogP contribution >= 0.6 is 0 Å². The van der Waals surface area contributed by atoms with Gasteiger partial charge in [-0.15, -0.1) is 0 Å². The molecular formula is C17H29N3O. The Kier molecular flexibility index (Phi) is 7.65. The van der Waals surface area contributed by atoms with Crippen LogP contribution in [-0.2, 0) is 6.42 Å². The van der Waals surface area contributed by atoms with E-state index < -0.39 is 0 Å². The summed E-state index contributed by atoms with van der Waals surface area (Å²) in [6.45, 7) is 10.8. The van der Waals surface area contributed by atoms with Crippen molar-refractivity contribution in [2.75, 3.05) is 19.7 Å². The highest BCUT2D eigenvalue weighted by molar-refractivity contribution is 5.77. The Morgan fingerprint density at radius 2 is 1.81 bits per heavy atom. The zero-order valence-electron chi connectivity index (χ0n) is 13.7. The first kappa shape index (κ1) is 17.3. The van der Waals surface area contributed by atoms with Crippen LogP contribution in [0.25, 0.3) is 0 Å². The maximum Gasteiger partial charge on any atom is 0.188 e. The van der Waals surface area contributed by atoms with Gasteiger partial charge < -0.3 is 15.8 Å². The maximum atomic E-state index is 5.80. The van der Waals surface area contributed by atoms with Crippen LogP contribution in [0.4, 0.5) is 0 Å². The Bertz CT molecular complexity index is 424. The van der Waals surface area contributed by atoms with Gasteiger partial charge in [0.1, 0.15) is 5.75 Å². The van der Waals surface area contributed by atoms with Gasteiger partial charge in [-0.05, 0) is 36.0 Å². The molecule has 0 saturated carbocycles. The van der Waals surface area contributed by atoms with E-state index in [-0.39, 0.29) is 0 Å². The highest BCUT2D eigenvalue weighted by atomic mass is 16.5. The molecule has 0 aliphatic carbocycles. The molecule has 3 N–H and O–H groups in total. The summed E-state index contributed by atoms with van der Waals surface area (Å²) < 4.78 is 5.66. The Morgan fingerprint density at radius 1 is 1.14 bits per heavy atom. The Labute approximate surface area is 128 Å². The number of benzene rings is 1. The zero-order chi connectivity index (χ0) is 15.7. The topological polar surface area (TPSA) is 59.6 Å². The number of ether oxygens (including phenoxy) is 1. The molecule has 0 heterocycles. The molecular weight excluding hydrogens is 262 g/mol. The second-order valence-electron chi connectivity index (χ2n) is 6.15. The van der Waals surface area contributed by atoms with E-state index in [9.17, 15) is 0 Å². The minimum Gasteiger partial charge on any atom is -0.493 e. The molecule has 1 aromatic carbocycles. The molecule has 4 nitrogen and oxygen atoms in total. The van der Waals surface area contributed by atoms with E-state index in [0.717, 1.165) is 31.9 Å². The second kappa shape index (κ2) is 9.27. The molecule has 0 unspecified atom stereocenters. The molecule has 0 spiro atoms. The van der Waals surface area contributed by atoms with Crippen molar-refractivity contribution in [2.45, 2.75) is 34.1 Å². The third-order valence-electron chi connectivity index (χ3n) is 2.85. The minimum atomic E-state index is 0.528. The first-order valence-corrected chi connectivity index (χ1v) is 7.73. The number of aliphatic imine (C=N–C) groups is 1. The number of nitrogens with zero attached hydrogens (tertiary/aromatic N) is 1. The van der Waals surface area contributed by atoms with E-state index in [2.05, 4.69) is 50.1 Å². The molecule has 0 radical (unpaired) electrons. The fourth-order valence-electron chi connectivity index (χ4n) is 1.69. The van der Waals surface area contributed by atoms with E-state index in [4.69, 9.17) is 10.5 Å². The van der Waals surface area contributed by atoms with Crippen molar-refractivity contribution >= 4 is 5.96 Å². The average Bonchev–Trinajstić information content (AvgIpc) is 2.44. The Balaban J connectivity index is 2.31.